The van der Waals surface area contributed by atoms with E-state index < -0.39 is 67.5 Å². The lowest BCUT2D eigenvalue weighted by molar-refractivity contribution is -0.180. The molecular formula is C101H189Br2ClN2O34P2. The van der Waals surface area contributed by atoms with Crippen molar-refractivity contribution < 1.29 is 198 Å². The molecule has 4 heterocycles. The first-order valence-electron chi connectivity index (χ1n) is 51.2. The quantitative estimate of drug-likeness (QED) is 0.0121. The number of aliphatic carboxylic acids is 5. The first kappa shape index (κ1) is 150. The summed E-state index contributed by atoms with van der Waals surface area (Å²) in [6.45, 7) is 44.0. The molecule has 0 saturated carbocycles. The minimum Gasteiger partial charge on any atom is -1.00 e. The molecule has 1 amide bonds. The minimum atomic E-state index is -1.04. The zero-order valence-electron chi connectivity index (χ0n) is 89.9. The fourth-order valence-corrected chi connectivity index (χ4v) is 24.9. The molecule has 0 aromatic rings. The monoisotopic (exact) mass is 2230 g/mol. The van der Waals surface area contributed by atoms with E-state index in [0.29, 0.717) is 91.4 Å². The predicted octanol–water partition coefficient (Wildman–Crippen LogP) is 12.0. The Morgan fingerprint density at radius 1 is 0.282 bits per heavy atom. The van der Waals surface area contributed by atoms with Gasteiger partial charge in [0.05, 0.1) is 209 Å². The number of unbranched alkanes of at least 4 members (excludes halogenated alkanes) is 6. The molecule has 4 fully saturated rings. The molecule has 0 aromatic heterocycles. The fraction of sp³-hybridized carbons (Fsp3) is 0.861. The number of aliphatic hydroxyl groups is 1. The van der Waals surface area contributed by atoms with Gasteiger partial charge in [-0.1, -0.05) is 80.1 Å². The number of ether oxygens (including phenoxy) is 14. The van der Waals surface area contributed by atoms with Crippen molar-refractivity contribution in [3.8, 4) is 0 Å². The first-order chi connectivity index (χ1) is 65.4. The molecule has 36 nitrogen and oxygen atoms in total. The summed E-state index contributed by atoms with van der Waals surface area (Å²) < 4.78 is 74.6. The molecule has 4 rings (SSSR count). The normalized spacial score (nSPS) is 14.4. The molecule has 4 aliphatic heterocycles. The lowest BCUT2D eigenvalue weighted by Gasteiger charge is -2.28. The van der Waals surface area contributed by atoms with Gasteiger partial charge in [-0.05, 0) is 155 Å². The molecule has 142 heavy (non-hydrogen) atoms. The number of rotatable bonds is 67. The maximum Gasteiger partial charge on any atom is 0.306 e. The largest absolute Gasteiger partial charge is 1.00 e. The summed E-state index contributed by atoms with van der Waals surface area (Å²) in [5.41, 5.74) is 5.74. The molecule has 0 spiro atoms. The van der Waals surface area contributed by atoms with E-state index in [9.17, 15) is 67.1 Å². The van der Waals surface area contributed by atoms with Crippen molar-refractivity contribution in [2.75, 3.05) is 115 Å². The number of aliphatic hydroxyl groups excluding tert-OH is 1. The Hall–Kier alpha value is -5.31. The van der Waals surface area contributed by atoms with Gasteiger partial charge < -0.3 is 142 Å². The maximum absolute atomic E-state index is 12.6. The van der Waals surface area contributed by atoms with Gasteiger partial charge in [0, 0.05) is 111 Å². The van der Waals surface area contributed by atoms with Gasteiger partial charge in [0.25, 0.3) is 0 Å². The van der Waals surface area contributed by atoms with E-state index in [1.807, 2.05) is 13.8 Å². The van der Waals surface area contributed by atoms with Crippen molar-refractivity contribution >= 4 is 110 Å². The Morgan fingerprint density at radius 2 is 0.458 bits per heavy atom. The second-order valence-electron chi connectivity index (χ2n) is 37.2. The highest BCUT2D eigenvalue weighted by Crippen LogP contribution is 2.62. The average molecular weight is 2230 g/mol. The van der Waals surface area contributed by atoms with Crippen molar-refractivity contribution in [3.05, 3.63) is 0 Å². The van der Waals surface area contributed by atoms with E-state index in [2.05, 4.69) is 46.9 Å². The van der Waals surface area contributed by atoms with Gasteiger partial charge in [-0.25, -0.2) is 0 Å². The zero-order chi connectivity index (χ0) is 106. The number of hydrogen-bond acceptors (Lipinski definition) is 30. The number of carboxylic acid groups (broad SMARTS) is 5. The molecular weight excluding hydrogens is 2040 g/mol. The minimum absolute atomic E-state index is 0. The third-order valence-electron chi connectivity index (χ3n) is 21.5. The van der Waals surface area contributed by atoms with E-state index in [1.165, 1.54) is 114 Å². The van der Waals surface area contributed by atoms with Crippen molar-refractivity contribution in [2.24, 2.45) is 5.73 Å². The standard InChI is InChI=1S/C27H52NO5P.C15H35NP.C15H26O6.C13H22O5.C12H20O6.C9H14O6.C7H10O5.C3H8O.2BrH.ClH/c1-6-9-20-34(21-10-7-2,22-11-8-3)23-12-17-28-25(29)13-15-27(31-18-19-32-27)16-14-26(30)33-24(4)5;1-4-7-12-17(13-8-5-2,14-9-6-3)15-10-11-16;1-11(2)20-13(16)5-7-15(18-9-10-19-15)8-6-14(17)21-12(3)4;1-9(2)17-12(15)7-5-11(14)6-8-13(16)18-10(3)4;1-9(2)18-11(15)4-6-12(5-3-10(13)14)16-7-8-17-12;10-7(11)1-3-9(4-2-8(12)13)14-5-6-15-9;8-5(1-3-6(9)10)2-4-7(11)12;1-3(2)4;;;/h24H,6-23H2,1-5H3;4-16H2,1-3H3;11-12H,5-10H2,1-4H3;9-10H,5-8H2,1-4H3;9H,3-8H2,1-2H3,(H,13,14);1-6H2,(H,10,11)(H,12,13);1-4H2,(H,9,10)(H,11,12);3-4H,1-2H3;3*1H/q;+1;;;;;;;;;/p-1. The number of carbonyl (C=O) groups is 14. The van der Waals surface area contributed by atoms with Crippen LogP contribution >= 0.6 is 26.9 Å². The molecule has 0 aromatic carbocycles. The average Bonchev–Trinajstić information content (AvgIpc) is 1.72. The fourth-order valence-electron chi connectivity index (χ4n) is 14.6. The van der Waals surface area contributed by atoms with Gasteiger partial charge in [-0.15, -0.1) is 12.4 Å². The molecule has 838 valence electrons. The zero-order valence-corrected chi connectivity index (χ0v) is 95.7. The van der Waals surface area contributed by atoms with Gasteiger partial charge in [-0.2, -0.15) is 0 Å². The Kier molecular flexibility index (Phi) is 95.6. The lowest BCUT2D eigenvalue weighted by atomic mass is 10.0. The van der Waals surface area contributed by atoms with Crippen molar-refractivity contribution in [3.63, 3.8) is 0 Å². The van der Waals surface area contributed by atoms with Crippen molar-refractivity contribution in [2.45, 2.75) is 448 Å². The molecule has 9 N–H and O–H groups in total. The summed E-state index contributed by atoms with van der Waals surface area (Å²) in [4.78, 5) is 155. The Balaban J connectivity index is -0.000000303. The number of amides is 1. The van der Waals surface area contributed by atoms with Gasteiger partial charge >= 0.3 is 65.7 Å². The van der Waals surface area contributed by atoms with Crippen LogP contribution in [0.25, 0.3) is 0 Å². The van der Waals surface area contributed by atoms with Crippen LogP contribution in [0.4, 0.5) is 0 Å². The predicted molar refractivity (Wildman–Crippen MR) is 543 cm³/mol. The Morgan fingerprint density at radius 3 is 0.648 bits per heavy atom. The molecule has 41 heteroatoms. The number of halogens is 3. The second kappa shape index (κ2) is 90.8. The third-order valence-corrected chi connectivity index (χ3v) is 31.6. The summed E-state index contributed by atoms with van der Waals surface area (Å²) >= 11 is 0. The molecule has 0 atom stereocenters. The van der Waals surface area contributed by atoms with Gasteiger partial charge in [0.2, 0.25) is 5.91 Å². The van der Waals surface area contributed by atoms with E-state index in [1.54, 1.807) is 102 Å². The summed E-state index contributed by atoms with van der Waals surface area (Å²) in [6.07, 6.45) is 32.6. The van der Waals surface area contributed by atoms with Crippen LogP contribution < -0.4 is 45.0 Å². The topological polar surface area (TPSA) is 528 Å². The van der Waals surface area contributed by atoms with Gasteiger partial charge in [0.1, 0.15) is 11.6 Å². The highest BCUT2D eigenvalue weighted by molar-refractivity contribution is 7.76. The van der Waals surface area contributed by atoms with Crippen LogP contribution in [-0.2, 0) is 133 Å². The molecule has 0 aliphatic carbocycles. The number of nitrogens with one attached hydrogen (secondary N) is 1. The van der Waals surface area contributed by atoms with Crippen LogP contribution in [0, 0.1) is 0 Å². The number of carbonyl (C=O) groups excluding carboxylic acids is 9. The smallest absolute Gasteiger partial charge is 0.306 e. The Labute approximate surface area is 877 Å². The second-order valence-corrected chi connectivity index (χ2v) is 46.2. The van der Waals surface area contributed by atoms with Crippen molar-refractivity contribution in [1.82, 2.24) is 5.32 Å². The highest BCUT2D eigenvalue weighted by Gasteiger charge is 2.43. The van der Waals surface area contributed by atoms with Crippen LogP contribution in [0.3, 0.4) is 0 Å². The van der Waals surface area contributed by atoms with Crippen LogP contribution in [0.15, 0.2) is 0 Å². The molecule has 4 saturated heterocycles. The number of carboxylic acids is 5. The number of ketones is 2. The van der Waals surface area contributed by atoms with Crippen LogP contribution in [-0.4, -0.2) is 295 Å². The van der Waals surface area contributed by atoms with E-state index in [0.717, 1.165) is 19.5 Å². The van der Waals surface area contributed by atoms with E-state index in [4.69, 9.17) is 103 Å². The van der Waals surface area contributed by atoms with Crippen LogP contribution in [0.2, 0.25) is 0 Å². The summed E-state index contributed by atoms with van der Waals surface area (Å²) in [5, 5.41) is 53.3. The van der Waals surface area contributed by atoms with Crippen molar-refractivity contribution in [1.29, 1.82) is 0 Å². The molecule has 4 aliphatic rings. The summed E-state index contributed by atoms with van der Waals surface area (Å²) in [7, 11) is -1.56. The van der Waals surface area contributed by atoms with Gasteiger partial charge in [0.15, 0.2) is 23.1 Å². The van der Waals surface area contributed by atoms with E-state index in [-0.39, 0.29) is 258 Å². The molecule has 0 unspecified atom stereocenters. The number of esters is 6. The lowest BCUT2D eigenvalue weighted by Crippen LogP contribution is -3.00. The molecule has 0 bridgehead atoms. The van der Waals surface area contributed by atoms with Gasteiger partial charge in [-0.3, -0.25) is 67.1 Å². The maximum atomic E-state index is 12.6. The SMILES string of the molecule is CC(C)O.CC(C)OC(=O)CCC(=O)CCC(=O)OC(C)C.CC(C)OC(=O)CCC1(CCC(=O)O)OCCO1.CC(C)OC(=O)CCC1(CCC(=O)OC(C)C)OCCO1.CCCC[P+](CCCC)(CCCC)CCCN.CCCC[P+](CCCC)(CCCC)CCCNC(=O)CCC1(CCC(=O)OC(C)C)OCCO1.Cl.O=C(O)CCC(=O)CCC(=O)O.O=C(O)CCC1(CCC(=O)O)OCCO1.[Br-].[Br-]. The van der Waals surface area contributed by atoms with Crippen LogP contribution in [0.5, 0.6) is 0 Å². The number of Topliss-reactive ketones (excluding diaryl/α,β-unsaturated/α-hetero) is 2. The number of nitrogens with two attached hydrogens (primary N) is 1. The number of hydrogen-bond donors (Lipinski definition) is 8. The summed E-state index contributed by atoms with van der Waals surface area (Å²) in [6, 6.07) is 0. The third kappa shape index (κ3) is 87.7. The van der Waals surface area contributed by atoms with Crippen LogP contribution in [0.1, 0.15) is 382 Å². The highest BCUT2D eigenvalue weighted by atomic mass is 79.9. The first-order valence-corrected chi connectivity index (χ1v) is 56.2. The molecule has 0 radical (unpaired) electrons. The van der Waals surface area contributed by atoms with E-state index >= 15 is 0 Å². The summed E-state index contributed by atoms with van der Waals surface area (Å²) in [5.74, 6) is -10.8. The Bertz CT molecular complexity index is 3180.